The van der Waals surface area contributed by atoms with Crippen molar-refractivity contribution in [3.8, 4) is 0 Å². The molecule has 0 radical (unpaired) electrons. The van der Waals surface area contributed by atoms with Crippen LogP contribution in [0, 0.1) is 0 Å². The minimum Gasteiger partial charge on any atom is -0.444 e. The summed E-state index contributed by atoms with van der Waals surface area (Å²) in [6.07, 6.45) is -0.272. The molecule has 2 heterocycles. The van der Waals surface area contributed by atoms with Gasteiger partial charge in [0.25, 0.3) is 0 Å². The lowest BCUT2D eigenvalue weighted by molar-refractivity contribution is 0.0186. The Hall–Kier alpha value is -2.70. The summed E-state index contributed by atoms with van der Waals surface area (Å²) in [4.78, 5) is 23.7. The van der Waals surface area contributed by atoms with Gasteiger partial charge in [-0.25, -0.2) is 9.79 Å². The first-order valence-electron chi connectivity index (χ1n) is 8.91. The van der Waals surface area contributed by atoms with E-state index in [1.165, 1.54) is 5.39 Å². The van der Waals surface area contributed by atoms with Gasteiger partial charge in [-0.3, -0.25) is 0 Å². The zero-order valence-corrected chi connectivity index (χ0v) is 15.7. The molecular weight excluding hydrogens is 330 g/mol. The Morgan fingerprint density at radius 1 is 1.19 bits per heavy atom. The molecule has 26 heavy (non-hydrogen) atoms. The molecule has 0 bridgehead atoms. The molecule has 1 aromatic carbocycles. The number of aromatic amines is 1. The number of benzene rings is 1. The number of nitrogens with one attached hydrogen (secondary N) is 1. The number of aromatic nitrogens is 1. The van der Waals surface area contributed by atoms with Crippen LogP contribution in [0.15, 0.2) is 35.3 Å². The second-order valence-electron chi connectivity index (χ2n) is 7.51. The summed E-state index contributed by atoms with van der Waals surface area (Å²) in [6.45, 7) is 8.59. The van der Waals surface area contributed by atoms with E-state index in [9.17, 15) is 4.79 Å². The lowest BCUT2D eigenvalue weighted by Gasteiger charge is -2.36. The Morgan fingerprint density at radius 2 is 1.85 bits per heavy atom. The number of ether oxygens (including phenoxy) is 1. The van der Waals surface area contributed by atoms with Gasteiger partial charge < -0.3 is 25.3 Å². The van der Waals surface area contributed by atoms with E-state index in [2.05, 4.69) is 22.1 Å². The van der Waals surface area contributed by atoms with Crippen LogP contribution in [-0.4, -0.2) is 58.6 Å². The summed E-state index contributed by atoms with van der Waals surface area (Å²) in [5.41, 5.74) is 7.79. The normalized spacial score (nSPS) is 16.2. The van der Waals surface area contributed by atoms with Gasteiger partial charge in [0.1, 0.15) is 5.60 Å². The van der Waals surface area contributed by atoms with E-state index in [4.69, 9.17) is 10.5 Å². The van der Waals surface area contributed by atoms with Crippen molar-refractivity contribution in [2.75, 3.05) is 26.2 Å². The van der Waals surface area contributed by atoms with Crippen LogP contribution in [0.1, 0.15) is 26.5 Å². The predicted octanol–water partition coefficient (Wildman–Crippen LogP) is 2.54. The highest BCUT2D eigenvalue weighted by molar-refractivity contribution is 5.81. The zero-order chi connectivity index (χ0) is 18.7. The lowest BCUT2D eigenvalue weighted by atomic mass is 10.2. The maximum atomic E-state index is 12.1. The first-order chi connectivity index (χ1) is 12.3. The van der Waals surface area contributed by atoms with Crippen molar-refractivity contribution in [2.45, 2.75) is 32.9 Å². The molecule has 7 heteroatoms. The number of hydrogen-bond acceptors (Lipinski definition) is 3. The molecule has 1 amide bonds. The Balaban J connectivity index is 1.53. The van der Waals surface area contributed by atoms with Crippen molar-refractivity contribution in [2.24, 2.45) is 10.7 Å². The maximum absolute atomic E-state index is 12.1. The molecule has 0 spiro atoms. The highest BCUT2D eigenvalue weighted by atomic mass is 16.6. The van der Waals surface area contributed by atoms with Gasteiger partial charge in [0.05, 0.1) is 6.54 Å². The van der Waals surface area contributed by atoms with E-state index in [-0.39, 0.29) is 6.09 Å². The summed E-state index contributed by atoms with van der Waals surface area (Å²) in [5.74, 6) is 0.507. The summed E-state index contributed by atoms with van der Waals surface area (Å²) in [6, 6.07) is 10.2. The number of nitrogens with zero attached hydrogens (tertiary/aromatic N) is 3. The second-order valence-corrected chi connectivity index (χ2v) is 7.51. The molecule has 0 aliphatic carbocycles. The second kappa shape index (κ2) is 7.27. The van der Waals surface area contributed by atoms with Crippen LogP contribution in [0.25, 0.3) is 10.9 Å². The first kappa shape index (κ1) is 18.1. The smallest absolute Gasteiger partial charge is 0.410 e. The number of nitrogens with two attached hydrogens (primary N) is 1. The van der Waals surface area contributed by atoms with Crippen molar-refractivity contribution >= 4 is 23.0 Å². The van der Waals surface area contributed by atoms with Crippen LogP contribution in [0.3, 0.4) is 0 Å². The van der Waals surface area contributed by atoms with Gasteiger partial charge in [0.2, 0.25) is 0 Å². The summed E-state index contributed by atoms with van der Waals surface area (Å²) < 4.78 is 5.41. The van der Waals surface area contributed by atoms with E-state index in [0.29, 0.717) is 38.7 Å². The number of carbonyl (C=O) groups excluding carboxylic acids is 1. The third kappa shape index (κ3) is 4.47. The van der Waals surface area contributed by atoms with Gasteiger partial charge in [-0.1, -0.05) is 18.2 Å². The first-order valence-corrected chi connectivity index (χ1v) is 8.91. The van der Waals surface area contributed by atoms with Gasteiger partial charge in [-0.05, 0) is 38.3 Å². The molecule has 0 atom stereocenters. The van der Waals surface area contributed by atoms with Crippen LogP contribution < -0.4 is 5.73 Å². The molecule has 1 fully saturated rings. The average molecular weight is 357 g/mol. The molecule has 7 nitrogen and oxygen atoms in total. The quantitative estimate of drug-likeness (QED) is 0.639. The standard InChI is InChI=1S/C19H27N5O2/c1-19(2,3)26-18(25)24-10-8-23(9-11-24)17(20)21-13-15-12-14-6-4-5-7-16(14)22-15/h4-7,12,22H,8-11,13H2,1-3H3,(H2,20,21). The Labute approximate surface area is 153 Å². The van der Waals surface area contributed by atoms with E-state index in [1.807, 2.05) is 43.9 Å². The summed E-state index contributed by atoms with van der Waals surface area (Å²) in [5, 5.41) is 1.17. The van der Waals surface area contributed by atoms with Crippen LogP contribution in [0.2, 0.25) is 0 Å². The van der Waals surface area contributed by atoms with Crippen molar-refractivity contribution in [3.05, 3.63) is 36.0 Å². The fourth-order valence-corrected chi connectivity index (χ4v) is 2.93. The van der Waals surface area contributed by atoms with Crippen molar-refractivity contribution < 1.29 is 9.53 Å². The van der Waals surface area contributed by atoms with Crippen LogP contribution in [0.5, 0.6) is 0 Å². The Kier molecular flexibility index (Phi) is 5.06. The third-order valence-corrected chi connectivity index (χ3v) is 4.25. The highest BCUT2D eigenvalue weighted by Gasteiger charge is 2.26. The monoisotopic (exact) mass is 357 g/mol. The molecule has 1 aliphatic heterocycles. The fraction of sp³-hybridized carbons (Fsp3) is 0.474. The van der Waals surface area contributed by atoms with E-state index in [1.54, 1.807) is 4.90 Å². The van der Waals surface area contributed by atoms with Gasteiger partial charge in [0.15, 0.2) is 5.96 Å². The minimum absolute atomic E-state index is 0.272. The largest absolute Gasteiger partial charge is 0.444 e. The van der Waals surface area contributed by atoms with Crippen LogP contribution in [-0.2, 0) is 11.3 Å². The SMILES string of the molecule is CC(C)(C)OC(=O)N1CCN(C(N)=NCc2cc3ccccc3[nH]2)CC1. The Morgan fingerprint density at radius 3 is 2.50 bits per heavy atom. The number of fused-ring (bicyclic) bond motifs is 1. The van der Waals surface area contributed by atoms with Gasteiger partial charge in [-0.15, -0.1) is 0 Å². The number of para-hydroxylation sites is 1. The highest BCUT2D eigenvalue weighted by Crippen LogP contribution is 2.15. The molecule has 1 aromatic heterocycles. The van der Waals surface area contributed by atoms with Crippen LogP contribution >= 0.6 is 0 Å². The molecule has 3 rings (SSSR count). The number of rotatable bonds is 2. The molecule has 1 aliphatic rings. The molecule has 0 unspecified atom stereocenters. The lowest BCUT2D eigenvalue weighted by Crippen LogP contribution is -2.53. The number of amides is 1. The summed E-state index contributed by atoms with van der Waals surface area (Å²) >= 11 is 0. The van der Waals surface area contributed by atoms with E-state index in [0.717, 1.165) is 11.2 Å². The number of aliphatic imine (C=N–C) groups is 1. The van der Waals surface area contributed by atoms with Crippen molar-refractivity contribution in [1.82, 2.24) is 14.8 Å². The van der Waals surface area contributed by atoms with Crippen molar-refractivity contribution in [3.63, 3.8) is 0 Å². The molecule has 0 saturated carbocycles. The number of carbonyl (C=O) groups is 1. The molecule has 2 aromatic rings. The molecular formula is C19H27N5O2. The topological polar surface area (TPSA) is 86.9 Å². The predicted molar refractivity (Wildman–Crippen MR) is 103 cm³/mol. The molecule has 3 N–H and O–H groups in total. The van der Waals surface area contributed by atoms with E-state index >= 15 is 0 Å². The zero-order valence-electron chi connectivity index (χ0n) is 15.7. The summed E-state index contributed by atoms with van der Waals surface area (Å²) in [7, 11) is 0. The minimum atomic E-state index is -0.478. The fourth-order valence-electron chi connectivity index (χ4n) is 2.93. The van der Waals surface area contributed by atoms with Gasteiger partial charge in [-0.2, -0.15) is 0 Å². The number of piperazine rings is 1. The van der Waals surface area contributed by atoms with Gasteiger partial charge in [0, 0.05) is 37.4 Å². The third-order valence-electron chi connectivity index (χ3n) is 4.25. The van der Waals surface area contributed by atoms with Gasteiger partial charge >= 0.3 is 6.09 Å². The molecule has 1 saturated heterocycles. The van der Waals surface area contributed by atoms with E-state index < -0.39 is 5.60 Å². The maximum Gasteiger partial charge on any atom is 0.410 e. The Bertz CT molecular complexity index is 765. The number of H-pyrrole nitrogens is 1. The average Bonchev–Trinajstić information content (AvgIpc) is 3.01. The number of hydrogen-bond donors (Lipinski definition) is 2. The molecule has 140 valence electrons. The van der Waals surface area contributed by atoms with Crippen LogP contribution in [0.4, 0.5) is 4.79 Å². The van der Waals surface area contributed by atoms with Crippen molar-refractivity contribution in [1.29, 1.82) is 0 Å². The number of guanidine groups is 1.